The third-order valence-electron chi connectivity index (χ3n) is 4.55. The van der Waals surface area contributed by atoms with Gasteiger partial charge < -0.3 is 9.14 Å². The minimum atomic E-state index is -0.387. The molecule has 0 spiro atoms. The lowest BCUT2D eigenvalue weighted by Crippen LogP contribution is -2.20. The van der Waals surface area contributed by atoms with Crippen molar-refractivity contribution in [3.63, 3.8) is 0 Å². The van der Waals surface area contributed by atoms with Gasteiger partial charge in [-0.2, -0.15) is 0 Å². The maximum absolute atomic E-state index is 12.6. The van der Waals surface area contributed by atoms with E-state index in [1.54, 1.807) is 43.1 Å². The van der Waals surface area contributed by atoms with Gasteiger partial charge in [-0.05, 0) is 31.0 Å². The quantitative estimate of drug-likeness (QED) is 0.690. The van der Waals surface area contributed by atoms with Gasteiger partial charge in [0.25, 0.3) is 0 Å². The Hall–Kier alpha value is -2.76. The molecule has 1 fully saturated rings. The van der Waals surface area contributed by atoms with Crippen molar-refractivity contribution in [3.05, 3.63) is 60.7 Å². The third kappa shape index (κ3) is 2.87. The molecule has 1 saturated carbocycles. The molecule has 3 heterocycles. The number of imidazole rings is 1. The normalized spacial score (nSPS) is 16.3. The van der Waals surface area contributed by atoms with Crippen LogP contribution in [0.5, 0.6) is 0 Å². The molecule has 3 aromatic rings. The number of aromatic nitrogens is 4. The van der Waals surface area contributed by atoms with Crippen LogP contribution in [0.1, 0.15) is 48.0 Å². The summed E-state index contributed by atoms with van der Waals surface area (Å²) in [4.78, 5) is 25.3. The molecule has 1 atom stereocenters. The maximum atomic E-state index is 12.6. The number of esters is 1. The molecule has 0 N–H and O–H groups in total. The lowest BCUT2D eigenvalue weighted by Gasteiger charge is -2.22. The van der Waals surface area contributed by atoms with Gasteiger partial charge in [-0.3, -0.25) is 0 Å². The second-order valence-electron chi connectivity index (χ2n) is 6.12. The molecule has 4 rings (SSSR count). The van der Waals surface area contributed by atoms with E-state index in [0.29, 0.717) is 11.4 Å². The fourth-order valence-corrected chi connectivity index (χ4v) is 3.31. The lowest BCUT2D eigenvalue weighted by molar-refractivity contribution is 0.0108. The van der Waals surface area contributed by atoms with Gasteiger partial charge in [-0.1, -0.05) is 12.8 Å². The Kier molecular flexibility index (Phi) is 3.94. The van der Waals surface area contributed by atoms with Gasteiger partial charge in [0.05, 0.1) is 23.6 Å². The number of nitrogens with zero attached hydrogens (tertiary/aromatic N) is 4. The van der Waals surface area contributed by atoms with Gasteiger partial charge in [0, 0.05) is 24.5 Å². The summed E-state index contributed by atoms with van der Waals surface area (Å²) in [5.41, 5.74) is 1.37. The van der Waals surface area contributed by atoms with E-state index in [-0.39, 0.29) is 18.0 Å². The fraction of sp³-hybridized carbons (Fsp3) is 0.333. The van der Waals surface area contributed by atoms with E-state index >= 15 is 0 Å². The summed E-state index contributed by atoms with van der Waals surface area (Å²) in [6.07, 6.45) is 12.6. The van der Waals surface area contributed by atoms with Crippen LogP contribution in [0.25, 0.3) is 5.52 Å². The smallest absolute Gasteiger partial charge is 0.338 e. The van der Waals surface area contributed by atoms with Crippen LogP contribution >= 0.6 is 0 Å². The molecule has 0 aromatic carbocycles. The Labute approximate surface area is 139 Å². The fourth-order valence-electron chi connectivity index (χ4n) is 3.31. The summed E-state index contributed by atoms with van der Waals surface area (Å²) in [5, 5.41) is 0. The number of ether oxygens (including phenoxy) is 1. The van der Waals surface area contributed by atoms with E-state index < -0.39 is 0 Å². The van der Waals surface area contributed by atoms with Gasteiger partial charge >= 0.3 is 5.97 Å². The highest BCUT2D eigenvalue weighted by Crippen LogP contribution is 2.37. The van der Waals surface area contributed by atoms with Gasteiger partial charge in [0.1, 0.15) is 0 Å². The number of hydrogen-bond acceptors (Lipinski definition) is 5. The summed E-state index contributed by atoms with van der Waals surface area (Å²) in [5.74, 6) is 0.529. The van der Waals surface area contributed by atoms with Crippen LogP contribution in [0.15, 0.2) is 49.3 Å². The SMILES string of the molecule is O=C(O[C@H](c1ncccn1)C1CCCC1)c1ccn2cncc2c1. The first-order valence-corrected chi connectivity index (χ1v) is 8.21. The second-order valence-corrected chi connectivity index (χ2v) is 6.12. The topological polar surface area (TPSA) is 69.4 Å². The van der Waals surface area contributed by atoms with Gasteiger partial charge in [-0.25, -0.2) is 19.7 Å². The van der Waals surface area contributed by atoms with E-state index in [2.05, 4.69) is 15.0 Å². The molecule has 0 unspecified atom stereocenters. The highest BCUT2D eigenvalue weighted by Gasteiger charge is 2.31. The zero-order valence-corrected chi connectivity index (χ0v) is 13.2. The minimum Gasteiger partial charge on any atom is -0.450 e. The predicted octanol–water partition coefficient (Wildman–Crippen LogP) is 3.21. The summed E-state index contributed by atoms with van der Waals surface area (Å²) in [6.45, 7) is 0. The monoisotopic (exact) mass is 322 g/mol. The van der Waals surface area contributed by atoms with Crippen molar-refractivity contribution < 1.29 is 9.53 Å². The zero-order valence-electron chi connectivity index (χ0n) is 13.2. The molecular formula is C18H18N4O2. The van der Waals surface area contributed by atoms with Crippen LogP contribution in [0.4, 0.5) is 0 Å². The van der Waals surface area contributed by atoms with Crippen LogP contribution in [0.2, 0.25) is 0 Å². The van der Waals surface area contributed by atoms with Crippen molar-refractivity contribution in [2.75, 3.05) is 0 Å². The molecule has 3 aromatic heterocycles. The standard InChI is InChI=1S/C18H18N4O2/c23-18(14-6-9-22-12-19-11-15(22)10-14)24-16(13-4-1-2-5-13)17-20-7-3-8-21-17/h3,6-13,16H,1-2,4-5H2/t16-/m0/s1. The molecule has 0 aliphatic heterocycles. The Morgan fingerprint density at radius 1 is 1.25 bits per heavy atom. The van der Waals surface area contributed by atoms with Crippen LogP contribution in [0.3, 0.4) is 0 Å². The van der Waals surface area contributed by atoms with E-state index in [0.717, 1.165) is 31.2 Å². The summed E-state index contributed by atoms with van der Waals surface area (Å²) < 4.78 is 7.69. The largest absolute Gasteiger partial charge is 0.450 e. The average Bonchev–Trinajstić information content (AvgIpc) is 3.31. The molecule has 1 aliphatic rings. The highest BCUT2D eigenvalue weighted by atomic mass is 16.5. The second kappa shape index (κ2) is 6.39. The zero-order chi connectivity index (χ0) is 16.4. The number of pyridine rings is 1. The van der Waals surface area contributed by atoms with Crippen LogP contribution in [0, 0.1) is 5.92 Å². The molecule has 6 nitrogen and oxygen atoms in total. The number of carbonyl (C=O) groups excluding carboxylic acids is 1. The van der Waals surface area contributed by atoms with Gasteiger partial charge in [-0.15, -0.1) is 0 Å². The van der Waals surface area contributed by atoms with Crippen LogP contribution < -0.4 is 0 Å². The minimum absolute atomic E-state index is 0.287. The molecule has 0 bridgehead atoms. The highest BCUT2D eigenvalue weighted by molar-refractivity contribution is 5.90. The van der Waals surface area contributed by atoms with Crippen molar-refractivity contribution in [3.8, 4) is 0 Å². The average molecular weight is 322 g/mol. The van der Waals surface area contributed by atoms with Crippen molar-refractivity contribution in [1.29, 1.82) is 0 Å². The molecule has 0 radical (unpaired) electrons. The first-order chi connectivity index (χ1) is 11.8. The number of rotatable bonds is 4. The summed E-state index contributed by atoms with van der Waals surface area (Å²) in [6, 6.07) is 5.30. The Balaban J connectivity index is 1.60. The Bertz CT molecular complexity index is 840. The molecule has 6 heteroatoms. The van der Waals surface area contributed by atoms with Crippen molar-refractivity contribution in [2.45, 2.75) is 31.8 Å². The van der Waals surface area contributed by atoms with Crippen molar-refractivity contribution >= 4 is 11.5 Å². The number of hydrogen-bond donors (Lipinski definition) is 0. The molecule has 24 heavy (non-hydrogen) atoms. The molecule has 1 aliphatic carbocycles. The third-order valence-corrected chi connectivity index (χ3v) is 4.55. The molecule has 0 saturated heterocycles. The number of fused-ring (bicyclic) bond motifs is 1. The molecule has 0 amide bonds. The molecular weight excluding hydrogens is 304 g/mol. The van der Waals surface area contributed by atoms with E-state index in [1.807, 2.05) is 10.6 Å². The number of carbonyl (C=O) groups is 1. The molecule has 122 valence electrons. The van der Waals surface area contributed by atoms with Crippen molar-refractivity contribution in [1.82, 2.24) is 19.4 Å². The van der Waals surface area contributed by atoms with Crippen LogP contribution in [-0.2, 0) is 4.74 Å². The Morgan fingerprint density at radius 2 is 2.04 bits per heavy atom. The van der Waals surface area contributed by atoms with E-state index in [1.165, 1.54) is 0 Å². The van der Waals surface area contributed by atoms with Crippen LogP contribution in [-0.4, -0.2) is 25.3 Å². The van der Waals surface area contributed by atoms with Gasteiger partial charge in [0.15, 0.2) is 11.9 Å². The van der Waals surface area contributed by atoms with Crippen molar-refractivity contribution in [2.24, 2.45) is 5.92 Å². The van der Waals surface area contributed by atoms with E-state index in [4.69, 9.17) is 4.74 Å². The van der Waals surface area contributed by atoms with Gasteiger partial charge in [0.2, 0.25) is 0 Å². The Morgan fingerprint density at radius 3 is 2.83 bits per heavy atom. The first kappa shape index (κ1) is 14.8. The predicted molar refractivity (Wildman–Crippen MR) is 87.3 cm³/mol. The van der Waals surface area contributed by atoms with E-state index in [9.17, 15) is 4.79 Å². The maximum Gasteiger partial charge on any atom is 0.338 e. The summed E-state index contributed by atoms with van der Waals surface area (Å²) >= 11 is 0. The first-order valence-electron chi connectivity index (χ1n) is 8.21. The lowest BCUT2D eigenvalue weighted by atomic mass is 10.00. The summed E-state index contributed by atoms with van der Waals surface area (Å²) in [7, 11) is 0.